The van der Waals surface area contributed by atoms with Crippen molar-refractivity contribution in [2.45, 2.75) is 17.7 Å². The first kappa shape index (κ1) is 23.6. The molecule has 0 aliphatic heterocycles. The summed E-state index contributed by atoms with van der Waals surface area (Å²) in [6.07, 6.45) is 0.364. The molecule has 0 saturated heterocycles. The number of benzene rings is 1. The molecule has 0 radical (unpaired) electrons. The van der Waals surface area contributed by atoms with E-state index in [9.17, 15) is 22.6 Å². The summed E-state index contributed by atoms with van der Waals surface area (Å²) >= 11 is 0. The molecule has 0 amide bonds. The molecule has 1 rings (SSSR count). The Hall–Kier alpha value is -1.41. The Kier molecular flexibility index (Phi) is 10.6. The second-order valence-electron chi connectivity index (χ2n) is 4.63. The standard InChI is InChI=1S/C14H18O9S.Li/c15-3-1-5-22-13(17)10-7-11(14(18)23-6-2-4-16)9-12(8-10)24(19,20)21;/h7-9,15-16H,1-6H2,(H,19,20,21);/q;+1/p-1. The number of hydrogen-bond acceptors (Lipinski definition) is 9. The Labute approximate surface area is 156 Å². The van der Waals surface area contributed by atoms with Crippen LogP contribution in [0.25, 0.3) is 0 Å². The van der Waals surface area contributed by atoms with Gasteiger partial charge in [-0.2, -0.15) is 0 Å². The van der Waals surface area contributed by atoms with Gasteiger partial charge in [-0.25, -0.2) is 18.0 Å². The van der Waals surface area contributed by atoms with Gasteiger partial charge in [0.05, 0.1) is 29.2 Å². The van der Waals surface area contributed by atoms with E-state index < -0.39 is 27.0 Å². The van der Waals surface area contributed by atoms with Crippen LogP contribution in [0, 0.1) is 0 Å². The third-order valence-electron chi connectivity index (χ3n) is 2.74. The SMILES string of the molecule is O=C(OCCCO)c1cc(C(=O)OCCCO)cc(S(=O)(=O)[O-])c1.[Li+]. The van der Waals surface area contributed by atoms with Crippen molar-refractivity contribution in [1.82, 2.24) is 0 Å². The monoisotopic (exact) mass is 368 g/mol. The maximum atomic E-state index is 11.8. The first-order chi connectivity index (χ1) is 11.3. The number of hydrogen-bond donors (Lipinski definition) is 2. The molecule has 0 spiro atoms. The van der Waals surface area contributed by atoms with E-state index in [4.69, 9.17) is 19.7 Å². The Morgan fingerprint density at radius 2 is 1.32 bits per heavy atom. The van der Waals surface area contributed by atoms with Crippen molar-refractivity contribution in [3.05, 3.63) is 29.3 Å². The number of rotatable bonds is 9. The molecule has 9 nitrogen and oxygen atoms in total. The predicted molar refractivity (Wildman–Crippen MR) is 78.4 cm³/mol. The number of carbonyl (C=O) groups is 2. The third-order valence-corrected chi connectivity index (χ3v) is 3.55. The summed E-state index contributed by atoms with van der Waals surface area (Å²) in [7, 11) is -4.91. The first-order valence-electron chi connectivity index (χ1n) is 6.96. The molecule has 0 unspecified atom stereocenters. The molecule has 0 aliphatic rings. The Morgan fingerprint density at radius 1 is 0.920 bits per heavy atom. The summed E-state index contributed by atoms with van der Waals surface area (Å²) in [5.74, 6) is -1.89. The fourth-order valence-electron chi connectivity index (χ4n) is 1.60. The molecular weight excluding hydrogens is 351 g/mol. The van der Waals surface area contributed by atoms with Crippen molar-refractivity contribution < 1.29 is 61.1 Å². The zero-order valence-corrected chi connectivity index (χ0v) is 14.5. The normalized spacial score (nSPS) is 10.7. The van der Waals surface area contributed by atoms with Crippen molar-refractivity contribution in [3.63, 3.8) is 0 Å². The van der Waals surface area contributed by atoms with Crippen LogP contribution in [-0.4, -0.2) is 61.5 Å². The van der Waals surface area contributed by atoms with Gasteiger partial charge < -0.3 is 24.2 Å². The minimum Gasteiger partial charge on any atom is -0.744 e. The number of aliphatic hydroxyl groups excluding tert-OH is 2. The molecule has 0 bridgehead atoms. The van der Waals surface area contributed by atoms with Gasteiger partial charge in [-0.15, -0.1) is 0 Å². The van der Waals surface area contributed by atoms with Crippen molar-refractivity contribution in [1.29, 1.82) is 0 Å². The van der Waals surface area contributed by atoms with Crippen molar-refractivity contribution in [2.75, 3.05) is 26.4 Å². The summed E-state index contributed by atoms with van der Waals surface area (Å²) in [5, 5.41) is 17.3. The molecule has 1 aromatic carbocycles. The van der Waals surface area contributed by atoms with Crippen LogP contribution < -0.4 is 18.9 Å². The van der Waals surface area contributed by atoms with E-state index in [1.807, 2.05) is 0 Å². The third kappa shape index (κ3) is 8.00. The molecule has 1 aromatic rings. The van der Waals surface area contributed by atoms with Gasteiger partial charge in [0, 0.05) is 26.1 Å². The number of carbonyl (C=O) groups excluding carboxylic acids is 2. The van der Waals surface area contributed by atoms with E-state index in [1.54, 1.807) is 0 Å². The number of esters is 2. The molecule has 134 valence electrons. The minimum atomic E-state index is -4.91. The number of aliphatic hydroxyl groups is 2. The second-order valence-corrected chi connectivity index (χ2v) is 6.01. The molecule has 25 heavy (non-hydrogen) atoms. The van der Waals surface area contributed by atoms with Crippen LogP contribution in [-0.2, 0) is 19.6 Å². The summed E-state index contributed by atoms with van der Waals surface area (Å²) in [6, 6.07) is 2.64. The zero-order valence-electron chi connectivity index (χ0n) is 13.6. The fraction of sp³-hybridized carbons (Fsp3) is 0.429. The average Bonchev–Trinajstić information content (AvgIpc) is 2.53. The van der Waals surface area contributed by atoms with E-state index in [2.05, 4.69) is 0 Å². The second kappa shape index (κ2) is 11.3. The molecule has 2 N–H and O–H groups in total. The van der Waals surface area contributed by atoms with Crippen LogP contribution in [0.3, 0.4) is 0 Å². The van der Waals surface area contributed by atoms with Gasteiger partial charge in [-0.05, 0) is 18.2 Å². The fourth-order valence-corrected chi connectivity index (χ4v) is 2.15. The molecule has 0 saturated carbocycles. The Morgan fingerprint density at radius 3 is 1.64 bits per heavy atom. The number of ether oxygens (including phenoxy) is 2. The molecule has 0 atom stereocenters. The van der Waals surface area contributed by atoms with Crippen LogP contribution in [0.4, 0.5) is 0 Å². The van der Waals surface area contributed by atoms with Gasteiger partial charge in [-0.3, -0.25) is 0 Å². The first-order valence-corrected chi connectivity index (χ1v) is 8.37. The smallest absolute Gasteiger partial charge is 0.744 e. The van der Waals surface area contributed by atoms with Crippen LogP contribution in [0.2, 0.25) is 0 Å². The van der Waals surface area contributed by atoms with Crippen molar-refractivity contribution in [2.24, 2.45) is 0 Å². The summed E-state index contributed by atoms with van der Waals surface area (Å²) < 4.78 is 43.1. The largest absolute Gasteiger partial charge is 1.00 e. The maximum absolute atomic E-state index is 11.8. The Bertz CT molecular complexity index is 647. The summed E-state index contributed by atoms with van der Waals surface area (Å²) in [6.45, 7) is -0.630. The van der Waals surface area contributed by atoms with E-state index in [0.29, 0.717) is 0 Å². The molecule has 0 fully saturated rings. The van der Waals surface area contributed by atoms with Crippen LogP contribution in [0.1, 0.15) is 33.6 Å². The van der Waals surface area contributed by atoms with Gasteiger partial charge in [-0.1, -0.05) is 0 Å². The van der Waals surface area contributed by atoms with E-state index in [-0.39, 0.29) is 69.3 Å². The van der Waals surface area contributed by atoms with Gasteiger partial charge in [0.2, 0.25) is 0 Å². The van der Waals surface area contributed by atoms with E-state index >= 15 is 0 Å². The van der Waals surface area contributed by atoms with Gasteiger partial charge in [0.1, 0.15) is 10.1 Å². The molecule has 0 aliphatic carbocycles. The van der Waals surface area contributed by atoms with Crippen molar-refractivity contribution >= 4 is 22.1 Å². The van der Waals surface area contributed by atoms with Crippen molar-refractivity contribution in [3.8, 4) is 0 Å². The van der Waals surface area contributed by atoms with Gasteiger partial charge in [0.25, 0.3) is 0 Å². The molecular formula is C14H17LiO9S. The van der Waals surface area contributed by atoms with Gasteiger partial charge >= 0.3 is 30.8 Å². The van der Waals surface area contributed by atoms with Crippen LogP contribution in [0.5, 0.6) is 0 Å². The minimum absolute atomic E-state index is 0. The van der Waals surface area contributed by atoms with Crippen LogP contribution in [0.15, 0.2) is 23.1 Å². The van der Waals surface area contributed by atoms with Crippen LogP contribution >= 0.6 is 0 Å². The summed E-state index contributed by atoms with van der Waals surface area (Å²) in [4.78, 5) is 22.9. The molecule has 0 aromatic heterocycles. The molecule has 11 heteroatoms. The predicted octanol–water partition coefficient (Wildman–Crippen LogP) is -3.33. The topological polar surface area (TPSA) is 150 Å². The Balaban J connectivity index is 0.00000576. The average molecular weight is 368 g/mol. The maximum Gasteiger partial charge on any atom is 1.00 e. The summed E-state index contributed by atoms with van der Waals surface area (Å²) in [5.41, 5.74) is -0.613. The quantitative estimate of drug-likeness (QED) is 0.197. The van der Waals surface area contributed by atoms with E-state index in [0.717, 1.165) is 18.2 Å². The van der Waals surface area contributed by atoms with E-state index in [1.165, 1.54) is 0 Å². The zero-order chi connectivity index (χ0) is 18.2. The van der Waals surface area contributed by atoms with Gasteiger partial charge in [0.15, 0.2) is 0 Å². The molecule has 0 heterocycles.